The zero-order chi connectivity index (χ0) is 17.4. The Bertz CT molecular complexity index is 753. The molecule has 3 rings (SSSR count). The third-order valence-corrected chi connectivity index (χ3v) is 4.79. The van der Waals surface area contributed by atoms with Crippen LogP contribution in [0.2, 0.25) is 0 Å². The van der Waals surface area contributed by atoms with Gasteiger partial charge in [0.2, 0.25) is 0 Å². The molecule has 1 aliphatic carbocycles. The molecule has 0 bridgehead atoms. The summed E-state index contributed by atoms with van der Waals surface area (Å²) in [5, 5.41) is 12.0. The van der Waals surface area contributed by atoms with Crippen LogP contribution in [0.4, 0.5) is 8.78 Å². The summed E-state index contributed by atoms with van der Waals surface area (Å²) in [7, 11) is 1.91. The van der Waals surface area contributed by atoms with Crippen molar-refractivity contribution in [1.29, 1.82) is 0 Å². The molecule has 1 aromatic heterocycles. The number of rotatable bonds is 6. The SMILES string of the molecule is Cn1c(CCCNC(=O)C(F)(F)C2(O)CCC2)nc2ccccc21. The third kappa shape index (κ3) is 2.77. The number of amides is 1. The summed E-state index contributed by atoms with van der Waals surface area (Å²) >= 11 is 0. The van der Waals surface area contributed by atoms with Crippen molar-refractivity contribution < 1.29 is 18.7 Å². The molecule has 0 unspecified atom stereocenters. The number of imidazole rings is 1. The van der Waals surface area contributed by atoms with Crippen molar-refractivity contribution >= 4 is 16.9 Å². The Morgan fingerprint density at radius 2 is 2.12 bits per heavy atom. The molecule has 130 valence electrons. The van der Waals surface area contributed by atoms with Crippen LogP contribution < -0.4 is 5.32 Å². The van der Waals surface area contributed by atoms with Crippen LogP contribution in [0, 0.1) is 0 Å². The van der Waals surface area contributed by atoms with Crippen molar-refractivity contribution in [2.45, 2.75) is 43.6 Å². The molecule has 1 saturated carbocycles. The normalized spacial score (nSPS) is 16.8. The first-order chi connectivity index (χ1) is 11.3. The number of aryl methyl sites for hydroxylation is 2. The highest BCUT2D eigenvalue weighted by Gasteiger charge is 2.60. The number of carbonyl (C=O) groups is 1. The lowest BCUT2D eigenvalue weighted by Crippen LogP contribution is -2.60. The quantitative estimate of drug-likeness (QED) is 0.794. The highest BCUT2D eigenvalue weighted by molar-refractivity contribution is 5.85. The summed E-state index contributed by atoms with van der Waals surface area (Å²) in [5.74, 6) is -4.28. The number of alkyl halides is 2. The van der Waals surface area contributed by atoms with E-state index >= 15 is 0 Å². The van der Waals surface area contributed by atoms with Gasteiger partial charge in [0, 0.05) is 20.0 Å². The Labute approximate surface area is 138 Å². The van der Waals surface area contributed by atoms with E-state index in [2.05, 4.69) is 10.3 Å². The van der Waals surface area contributed by atoms with Gasteiger partial charge in [0.25, 0.3) is 5.91 Å². The second kappa shape index (κ2) is 6.12. The number of para-hydroxylation sites is 2. The van der Waals surface area contributed by atoms with Crippen LogP contribution >= 0.6 is 0 Å². The highest BCUT2D eigenvalue weighted by atomic mass is 19.3. The average Bonchev–Trinajstić information content (AvgIpc) is 2.85. The predicted molar refractivity (Wildman–Crippen MR) is 85.8 cm³/mol. The topological polar surface area (TPSA) is 67.2 Å². The number of halogens is 2. The monoisotopic (exact) mass is 337 g/mol. The van der Waals surface area contributed by atoms with E-state index in [4.69, 9.17) is 0 Å². The molecule has 1 aromatic carbocycles. The Balaban J connectivity index is 1.53. The Kier molecular flexibility index (Phi) is 4.29. The van der Waals surface area contributed by atoms with Gasteiger partial charge in [-0.2, -0.15) is 8.78 Å². The van der Waals surface area contributed by atoms with Gasteiger partial charge < -0.3 is 15.0 Å². The van der Waals surface area contributed by atoms with Crippen LogP contribution in [0.5, 0.6) is 0 Å². The fourth-order valence-corrected chi connectivity index (χ4v) is 3.02. The van der Waals surface area contributed by atoms with Crippen LogP contribution in [-0.4, -0.2) is 38.6 Å². The zero-order valence-corrected chi connectivity index (χ0v) is 13.6. The van der Waals surface area contributed by atoms with Gasteiger partial charge in [-0.25, -0.2) is 4.98 Å². The number of fused-ring (bicyclic) bond motifs is 1. The molecule has 0 radical (unpaired) electrons. The summed E-state index contributed by atoms with van der Waals surface area (Å²) < 4.78 is 29.8. The van der Waals surface area contributed by atoms with E-state index in [0.717, 1.165) is 16.9 Å². The molecule has 1 heterocycles. The Morgan fingerprint density at radius 3 is 2.75 bits per heavy atom. The van der Waals surface area contributed by atoms with Crippen LogP contribution in [0.1, 0.15) is 31.5 Å². The lowest BCUT2D eigenvalue weighted by Gasteiger charge is -2.41. The summed E-state index contributed by atoms with van der Waals surface area (Å²) in [6.07, 6.45) is 1.52. The van der Waals surface area contributed by atoms with Gasteiger partial charge in [-0.3, -0.25) is 4.79 Å². The van der Waals surface area contributed by atoms with E-state index in [0.29, 0.717) is 19.3 Å². The number of hydrogen-bond acceptors (Lipinski definition) is 3. The molecule has 1 amide bonds. The standard InChI is InChI=1S/C17H21F2N3O2/c1-22-13-7-3-2-6-12(13)21-14(22)8-4-11-20-15(23)17(18,19)16(24)9-5-10-16/h2-3,6-7,24H,4-5,8-11H2,1H3,(H,20,23). The van der Waals surface area contributed by atoms with Crippen molar-refractivity contribution in [2.75, 3.05) is 6.54 Å². The van der Waals surface area contributed by atoms with Crippen LogP contribution in [0.15, 0.2) is 24.3 Å². The minimum atomic E-state index is -3.73. The number of aromatic nitrogens is 2. The molecule has 1 aliphatic rings. The van der Waals surface area contributed by atoms with Crippen molar-refractivity contribution in [2.24, 2.45) is 7.05 Å². The zero-order valence-electron chi connectivity index (χ0n) is 13.6. The summed E-state index contributed by atoms with van der Waals surface area (Å²) in [6, 6.07) is 7.72. The van der Waals surface area contributed by atoms with Crippen molar-refractivity contribution in [1.82, 2.24) is 14.9 Å². The van der Waals surface area contributed by atoms with Gasteiger partial charge in [0.15, 0.2) is 0 Å². The van der Waals surface area contributed by atoms with E-state index in [-0.39, 0.29) is 19.4 Å². The number of carbonyl (C=O) groups excluding carboxylic acids is 1. The van der Waals surface area contributed by atoms with E-state index in [9.17, 15) is 18.7 Å². The molecule has 0 aliphatic heterocycles. The van der Waals surface area contributed by atoms with E-state index in [1.807, 2.05) is 35.9 Å². The van der Waals surface area contributed by atoms with E-state index < -0.39 is 17.4 Å². The molecular weight excluding hydrogens is 316 g/mol. The smallest absolute Gasteiger partial charge is 0.352 e. The van der Waals surface area contributed by atoms with E-state index in [1.54, 1.807) is 0 Å². The average molecular weight is 337 g/mol. The second-order valence-corrected chi connectivity index (χ2v) is 6.39. The number of aliphatic hydroxyl groups is 1. The molecule has 2 N–H and O–H groups in total. The van der Waals surface area contributed by atoms with Crippen LogP contribution in [-0.2, 0) is 18.3 Å². The van der Waals surface area contributed by atoms with Gasteiger partial charge in [-0.1, -0.05) is 12.1 Å². The summed E-state index contributed by atoms with van der Waals surface area (Å²) in [5.41, 5.74) is -0.276. The van der Waals surface area contributed by atoms with Crippen molar-refractivity contribution in [3.8, 4) is 0 Å². The first-order valence-electron chi connectivity index (χ1n) is 8.14. The minimum Gasteiger partial charge on any atom is -0.383 e. The third-order valence-electron chi connectivity index (χ3n) is 4.79. The molecule has 7 heteroatoms. The second-order valence-electron chi connectivity index (χ2n) is 6.39. The maximum absolute atomic E-state index is 13.9. The fraction of sp³-hybridized carbons (Fsp3) is 0.529. The predicted octanol–water partition coefficient (Wildman–Crippen LogP) is 2.17. The largest absolute Gasteiger partial charge is 0.383 e. The van der Waals surface area contributed by atoms with Crippen LogP contribution in [0.3, 0.4) is 0 Å². The molecule has 1 fully saturated rings. The van der Waals surface area contributed by atoms with E-state index in [1.165, 1.54) is 0 Å². The fourth-order valence-electron chi connectivity index (χ4n) is 3.02. The molecular formula is C17H21F2N3O2. The molecule has 0 atom stereocenters. The molecule has 0 saturated heterocycles. The number of nitrogens with zero attached hydrogens (tertiary/aromatic N) is 2. The van der Waals surface area contributed by atoms with Gasteiger partial charge in [0.1, 0.15) is 11.4 Å². The lowest BCUT2D eigenvalue weighted by molar-refractivity contribution is -0.215. The molecule has 0 spiro atoms. The maximum Gasteiger partial charge on any atom is 0.352 e. The molecule has 24 heavy (non-hydrogen) atoms. The number of hydrogen-bond donors (Lipinski definition) is 2. The van der Waals surface area contributed by atoms with Gasteiger partial charge >= 0.3 is 5.92 Å². The van der Waals surface area contributed by atoms with Gasteiger partial charge in [0.05, 0.1) is 11.0 Å². The van der Waals surface area contributed by atoms with Gasteiger partial charge in [-0.05, 0) is 37.8 Å². The van der Waals surface area contributed by atoms with Crippen molar-refractivity contribution in [3.05, 3.63) is 30.1 Å². The highest BCUT2D eigenvalue weighted by Crippen LogP contribution is 2.44. The summed E-state index contributed by atoms with van der Waals surface area (Å²) in [4.78, 5) is 16.2. The number of nitrogens with one attached hydrogen (secondary N) is 1. The van der Waals surface area contributed by atoms with Crippen LogP contribution in [0.25, 0.3) is 11.0 Å². The lowest BCUT2D eigenvalue weighted by atomic mass is 9.75. The first kappa shape index (κ1) is 16.8. The maximum atomic E-state index is 13.9. The Hall–Kier alpha value is -2.02. The van der Waals surface area contributed by atoms with Crippen molar-refractivity contribution in [3.63, 3.8) is 0 Å². The van der Waals surface area contributed by atoms with Gasteiger partial charge in [-0.15, -0.1) is 0 Å². The first-order valence-corrected chi connectivity index (χ1v) is 8.14. The Morgan fingerprint density at radius 1 is 1.42 bits per heavy atom. The molecule has 2 aromatic rings. The number of benzene rings is 1. The molecule has 5 nitrogen and oxygen atoms in total. The minimum absolute atomic E-state index is 0.0344. The summed E-state index contributed by atoms with van der Waals surface area (Å²) in [6.45, 7) is 0.119.